The van der Waals surface area contributed by atoms with E-state index in [0.717, 1.165) is 28.0 Å². The summed E-state index contributed by atoms with van der Waals surface area (Å²) in [6.45, 7) is 4.01. The molecule has 0 spiro atoms. The largest absolute Gasteiger partial charge is 0.481 e. The van der Waals surface area contributed by atoms with Crippen molar-refractivity contribution < 1.29 is 9.90 Å². The van der Waals surface area contributed by atoms with Gasteiger partial charge in [0.2, 0.25) is 0 Å². The van der Waals surface area contributed by atoms with Crippen LogP contribution in [0.5, 0.6) is 0 Å². The highest BCUT2D eigenvalue weighted by atomic mass is 79.9. The molecule has 0 saturated carbocycles. The fraction of sp³-hybridized carbons (Fsp3) is 0.308. The van der Waals surface area contributed by atoms with E-state index in [1.54, 1.807) is 0 Å². The van der Waals surface area contributed by atoms with Gasteiger partial charge in [-0.05, 0) is 30.7 Å². The summed E-state index contributed by atoms with van der Waals surface area (Å²) in [5.74, 6) is -0.0774. The summed E-state index contributed by atoms with van der Waals surface area (Å²) in [7, 11) is 0. The zero-order valence-electron chi connectivity index (χ0n) is 11.1. The summed E-state index contributed by atoms with van der Waals surface area (Å²) in [6, 6.07) is 5.96. The first kappa shape index (κ1) is 15.1. The standard InChI is InChI=1S/C13H14BrN3O2S/c1-3-11-15-16-13(20-7-12(18)19)17(11)9-4-5-10(14)8(2)6-9/h4-6H,3,7H2,1-2H3,(H,18,19). The number of nitrogens with zero attached hydrogens (tertiary/aromatic N) is 3. The topological polar surface area (TPSA) is 68.0 Å². The monoisotopic (exact) mass is 355 g/mol. The Balaban J connectivity index is 2.44. The number of thioether (sulfide) groups is 1. The Kier molecular flexibility index (Phi) is 4.82. The maximum atomic E-state index is 10.7. The van der Waals surface area contributed by atoms with Gasteiger partial charge in [-0.1, -0.05) is 34.6 Å². The van der Waals surface area contributed by atoms with E-state index in [1.165, 1.54) is 11.8 Å². The highest BCUT2D eigenvalue weighted by molar-refractivity contribution is 9.10. The fourth-order valence-corrected chi connectivity index (χ4v) is 2.71. The predicted molar refractivity (Wildman–Crippen MR) is 81.5 cm³/mol. The van der Waals surface area contributed by atoms with Gasteiger partial charge in [0.05, 0.1) is 5.75 Å². The molecule has 2 rings (SSSR count). The normalized spacial score (nSPS) is 10.8. The molecule has 20 heavy (non-hydrogen) atoms. The van der Waals surface area contributed by atoms with E-state index in [9.17, 15) is 4.79 Å². The summed E-state index contributed by atoms with van der Waals surface area (Å²) in [5.41, 5.74) is 2.05. The van der Waals surface area contributed by atoms with Crippen LogP contribution in [-0.4, -0.2) is 31.6 Å². The molecule has 1 N–H and O–H groups in total. The second-order valence-corrected chi connectivity index (χ2v) is 6.00. The first-order valence-electron chi connectivity index (χ1n) is 6.08. The lowest BCUT2D eigenvalue weighted by atomic mass is 10.2. The molecule has 0 aliphatic carbocycles. The van der Waals surface area contributed by atoms with Crippen molar-refractivity contribution in [3.05, 3.63) is 34.1 Å². The Labute approximate surface area is 129 Å². The van der Waals surface area contributed by atoms with Gasteiger partial charge in [-0.25, -0.2) is 0 Å². The van der Waals surface area contributed by atoms with Crippen LogP contribution < -0.4 is 0 Å². The molecule has 0 aliphatic heterocycles. The van der Waals surface area contributed by atoms with Crippen molar-refractivity contribution in [2.75, 3.05) is 5.75 Å². The third-order valence-electron chi connectivity index (χ3n) is 2.74. The van der Waals surface area contributed by atoms with Crippen LogP contribution in [0.4, 0.5) is 0 Å². The first-order chi connectivity index (χ1) is 9.52. The number of hydrogen-bond acceptors (Lipinski definition) is 4. The molecule has 0 saturated heterocycles. The number of rotatable bonds is 5. The third-order valence-corrected chi connectivity index (χ3v) is 4.54. The molecule has 0 aliphatic rings. The van der Waals surface area contributed by atoms with Crippen LogP contribution in [0.3, 0.4) is 0 Å². The van der Waals surface area contributed by atoms with Gasteiger partial charge in [-0.3, -0.25) is 9.36 Å². The van der Waals surface area contributed by atoms with Gasteiger partial charge < -0.3 is 5.11 Å². The zero-order chi connectivity index (χ0) is 14.7. The maximum absolute atomic E-state index is 10.7. The number of carbonyl (C=O) groups is 1. The minimum absolute atomic E-state index is 0.0304. The number of carboxylic acid groups (broad SMARTS) is 1. The Morgan fingerprint density at radius 3 is 2.80 bits per heavy atom. The maximum Gasteiger partial charge on any atom is 0.313 e. The molecule has 1 aromatic heterocycles. The zero-order valence-corrected chi connectivity index (χ0v) is 13.5. The minimum atomic E-state index is -0.866. The Morgan fingerprint density at radius 2 is 2.20 bits per heavy atom. The molecule has 5 nitrogen and oxygen atoms in total. The molecule has 7 heteroatoms. The Morgan fingerprint density at radius 1 is 1.45 bits per heavy atom. The van der Waals surface area contributed by atoms with Crippen LogP contribution in [0, 0.1) is 6.92 Å². The molecule has 106 valence electrons. The van der Waals surface area contributed by atoms with Gasteiger partial charge in [0.15, 0.2) is 5.16 Å². The molecule has 0 fully saturated rings. The average Bonchev–Trinajstić information content (AvgIpc) is 2.82. The third kappa shape index (κ3) is 3.21. The van der Waals surface area contributed by atoms with Crippen molar-refractivity contribution in [2.45, 2.75) is 25.4 Å². The number of aryl methyl sites for hydroxylation is 2. The van der Waals surface area contributed by atoms with Crippen LogP contribution in [0.25, 0.3) is 5.69 Å². The van der Waals surface area contributed by atoms with Crippen molar-refractivity contribution in [3.63, 3.8) is 0 Å². The predicted octanol–water partition coefficient (Wildman–Crippen LogP) is 3.08. The van der Waals surface area contributed by atoms with Crippen LogP contribution in [0.1, 0.15) is 18.3 Å². The fourth-order valence-electron chi connectivity index (χ4n) is 1.78. The van der Waals surface area contributed by atoms with Gasteiger partial charge in [0.1, 0.15) is 5.82 Å². The molecule has 0 bridgehead atoms. The van der Waals surface area contributed by atoms with Crippen molar-refractivity contribution >= 4 is 33.7 Å². The van der Waals surface area contributed by atoms with Gasteiger partial charge in [-0.15, -0.1) is 10.2 Å². The quantitative estimate of drug-likeness (QED) is 0.834. The van der Waals surface area contributed by atoms with E-state index in [-0.39, 0.29) is 5.75 Å². The molecule has 0 unspecified atom stereocenters. The molecular formula is C13H14BrN3O2S. The van der Waals surface area contributed by atoms with Crippen LogP contribution >= 0.6 is 27.7 Å². The number of aliphatic carboxylic acids is 1. The lowest BCUT2D eigenvalue weighted by molar-refractivity contribution is -0.133. The molecular weight excluding hydrogens is 342 g/mol. The van der Waals surface area contributed by atoms with Crippen molar-refractivity contribution in [1.82, 2.24) is 14.8 Å². The summed E-state index contributed by atoms with van der Waals surface area (Å²) in [4.78, 5) is 10.7. The van der Waals surface area contributed by atoms with Crippen LogP contribution in [0.2, 0.25) is 0 Å². The molecule has 1 heterocycles. The second kappa shape index (κ2) is 6.41. The van der Waals surface area contributed by atoms with Crippen molar-refractivity contribution in [3.8, 4) is 5.69 Å². The van der Waals surface area contributed by atoms with E-state index in [4.69, 9.17) is 5.11 Å². The molecule has 0 amide bonds. The van der Waals surface area contributed by atoms with Crippen molar-refractivity contribution in [1.29, 1.82) is 0 Å². The number of benzene rings is 1. The number of aromatic nitrogens is 3. The molecule has 0 radical (unpaired) electrons. The van der Waals surface area contributed by atoms with E-state index in [2.05, 4.69) is 26.1 Å². The van der Waals surface area contributed by atoms with Crippen LogP contribution in [0.15, 0.2) is 27.8 Å². The van der Waals surface area contributed by atoms with Gasteiger partial charge >= 0.3 is 5.97 Å². The lowest BCUT2D eigenvalue weighted by Gasteiger charge is -2.10. The summed E-state index contributed by atoms with van der Waals surface area (Å²) < 4.78 is 2.94. The lowest BCUT2D eigenvalue weighted by Crippen LogP contribution is -2.04. The van der Waals surface area contributed by atoms with E-state index in [1.807, 2.05) is 36.6 Å². The minimum Gasteiger partial charge on any atom is -0.481 e. The highest BCUT2D eigenvalue weighted by Gasteiger charge is 2.14. The molecule has 0 atom stereocenters. The van der Waals surface area contributed by atoms with E-state index >= 15 is 0 Å². The highest BCUT2D eigenvalue weighted by Crippen LogP contribution is 2.25. The number of hydrogen-bond donors (Lipinski definition) is 1. The van der Waals surface area contributed by atoms with E-state index < -0.39 is 5.97 Å². The Hall–Kier alpha value is -1.34. The summed E-state index contributed by atoms with van der Waals surface area (Å²) >= 11 is 4.65. The second-order valence-electron chi connectivity index (χ2n) is 4.20. The first-order valence-corrected chi connectivity index (χ1v) is 7.86. The molecule has 1 aromatic carbocycles. The van der Waals surface area contributed by atoms with Crippen molar-refractivity contribution in [2.24, 2.45) is 0 Å². The smallest absolute Gasteiger partial charge is 0.313 e. The summed E-state index contributed by atoms with van der Waals surface area (Å²) in [5, 5.41) is 17.6. The number of carboxylic acids is 1. The van der Waals surface area contributed by atoms with Gasteiger partial charge in [-0.2, -0.15) is 0 Å². The van der Waals surface area contributed by atoms with Gasteiger partial charge in [0.25, 0.3) is 0 Å². The Bertz CT molecular complexity index is 643. The van der Waals surface area contributed by atoms with Crippen LogP contribution in [-0.2, 0) is 11.2 Å². The van der Waals surface area contributed by atoms with Gasteiger partial charge in [0, 0.05) is 16.6 Å². The number of halogens is 1. The average molecular weight is 356 g/mol. The SMILES string of the molecule is CCc1nnc(SCC(=O)O)n1-c1ccc(Br)c(C)c1. The summed E-state index contributed by atoms with van der Waals surface area (Å²) in [6.07, 6.45) is 0.732. The molecule has 2 aromatic rings. The van der Waals surface area contributed by atoms with E-state index in [0.29, 0.717) is 5.16 Å².